The van der Waals surface area contributed by atoms with Crippen LogP contribution in [0.5, 0.6) is 0 Å². The zero-order chi connectivity index (χ0) is 14.7. The van der Waals surface area contributed by atoms with Gasteiger partial charge >= 0.3 is 0 Å². The monoisotopic (exact) mass is 293 g/mol. The van der Waals surface area contributed by atoms with Crippen LogP contribution < -0.4 is 5.73 Å². The highest BCUT2D eigenvalue weighted by atomic mass is 16.5. The van der Waals surface area contributed by atoms with Gasteiger partial charge in [-0.25, -0.2) is 0 Å². The third-order valence-corrected chi connectivity index (χ3v) is 4.22. The Morgan fingerprint density at radius 3 is 2.71 bits per heavy atom. The van der Waals surface area contributed by atoms with Gasteiger partial charge in [0.25, 0.3) is 5.91 Å². The molecular weight excluding hydrogens is 270 g/mol. The average molecular weight is 293 g/mol. The van der Waals surface area contributed by atoms with E-state index < -0.39 is 0 Å². The minimum absolute atomic E-state index is 0.0357. The lowest BCUT2D eigenvalue weighted by molar-refractivity contribution is 0.0416. The number of ether oxygens (including phenoxy) is 1. The minimum atomic E-state index is -0.0357. The molecular formula is C15H23N3O3. The fourth-order valence-electron chi connectivity index (χ4n) is 2.97. The van der Waals surface area contributed by atoms with Crippen molar-refractivity contribution in [2.45, 2.75) is 25.5 Å². The normalized spacial score (nSPS) is 23.7. The summed E-state index contributed by atoms with van der Waals surface area (Å²) in [5, 5.41) is 0. The molecule has 1 aromatic rings. The maximum Gasteiger partial charge on any atom is 0.289 e. The highest BCUT2D eigenvalue weighted by Crippen LogP contribution is 2.16. The van der Waals surface area contributed by atoms with Crippen LogP contribution in [0.15, 0.2) is 16.5 Å². The Hall–Kier alpha value is -1.37. The first-order chi connectivity index (χ1) is 10.3. The van der Waals surface area contributed by atoms with Crippen LogP contribution in [-0.4, -0.2) is 61.1 Å². The van der Waals surface area contributed by atoms with Gasteiger partial charge in [-0.15, -0.1) is 0 Å². The number of nitrogens with zero attached hydrogens (tertiary/aromatic N) is 2. The molecule has 0 radical (unpaired) electrons. The smallest absolute Gasteiger partial charge is 0.289 e. The zero-order valence-electron chi connectivity index (χ0n) is 12.3. The number of rotatable bonds is 4. The van der Waals surface area contributed by atoms with E-state index in [2.05, 4.69) is 4.90 Å². The summed E-state index contributed by atoms with van der Waals surface area (Å²) in [6, 6.07) is 3.48. The number of piperazine rings is 1. The van der Waals surface area contributed by atoms with Crippen molar-refractivity contribution in [2.75, 3.05) is 39.3 Å². The summed E-state index contributed by atoms with van der Waals surface area (Å²) in [5.74, 6) is 1.00. The average Bonchev–Trinajstić information content (AvgIpc) is 3.18. The summed E-state index contributed by atoms with van der Waals surface area (Å²) in [4.78, 5) is 16.6. The van der Waals surface area contributed by atoms with Crippen molar-refractivity contribution in [3.05, 3.63) is 23.7 Å². The van der Waals surface area contributed by atoms with Gasteiger partial charge in [-0.1, -0.05) is 0 Å². The van der Waals surface area contributed by atoms with E-state index in [-0.39, 0.29) is 5.91 Å². The Kier molecular flexibility index (Phi) is 4.57. The van der Waals surface area contributed by atoms with Gasteiger partial charge in [0.2, 0.25) is 0 Å². The first-order valence-electron chi connectivity index (χ1n) is 7.68. The maximum atomic E-state index is 12.3. The summed E-state index contributed by atoms with van der Waals surface area (Å²) in [6.45, 7) is 5.48. The molecule has 6 heteroatoms. The van der Waals surface area contributed by atoms with Gasteiger partial charge in [0.05, 0.1) is 12.6 Å². The molecule has 0 spiro atoms. The lowest BCUT2D eigenvalue weighted by Gasteiger charge is -2.35. The summed E-state index contributed by atoms with van der Waals surface area (Å²) >= 11 is 0. The SMILES string of the molecule is NCc1ccc(C(=O)N2CCN(CC3CCCO3)CC2)o1. The molecule has 0 saturated carbocycles. The van der Waals surface area contributed by atoms with Crippen LogP contribution in [0, 0.1) is 0 Å². The minimum Gasteiger partial charge on any atom is -0.455 e. The van der Waals surface area contributed by atoms with Crippen LogP contribution >= 0.6 is 0 Å². The number of hydrogen-bond donors (Lipinski definition) is 1. The molecule has 2 fully saturated rings. The van der Waals surface area contributed by atoms with E-state index in [9.17, 15) is 4.79 Å². The van der Waals surface area contributed by atoms with Gasteiger partial charge in [-0.2, -0.15) is 0 Å². The Morgan fingerprint density at radius 2 is 2.10 bits per heavy atom. The number of amides is 1. The number of carbonyl (C=O) groups excluding carboxylic acids is 1. The number of nitrogens with two attached hydrogens (primary N) is 1. The molecule has 2 saturated heterocycles. The Labute approximate surface area is 124 Å². The summed E-state index contributed by atoms with van der Waals surface area (Å²) in [6.07, 6.45) is 2.71. The molecule has 2 aliphatic rings. The van der Waals surface area contributed by atoms with E-state index in [4.69, 9.17) is 14.9 Å². The lowest BCUT2D eigenvalue weighted by atomic mass is 10.2. The third-order valence-electron chi connectivity index (χ3n) is 4.22. The van der Waals surface area contributed by atoms with Crippen LogP contribution in [0.4, 0.5) is 0 Å². The van der Waals surface area contributed by atoms with Crippen molar-refractivity contribution in [1.29, 1.82) is 0 Å². The van der Waals surface area contributed by atoms with Gasteiger partial charge in [0, 0.05) is 39.3 Å². The molecule has 116 valence electrons. The second-order valence-electron chi connectivity index (χ2n) is 5.70. The standard InChI is InChI=1S/C15H23N3O3/c16-10-12-3-4-14(21-12)15(19)18-7-5-17(6-8-18)11-13-2-1-9-20-13/h3-4,13H,1-2,5-11,16H2. The van der Waals surface area contributed by atoms with Crippen molar-refractivity contribution in [3.63, 3.8) is 0 Å². The molecule has 1 aromatic heterocycles. The molecule has 0 aliphatic carbocycles. The summed E-state index contributed by atoms with van der Waals surface area (Å²) in [5.41, 5.74) is 5.50. The van der Waals surface area contributed by atoms with E-state index in [1.807, 2.05) is 4.90 Å². The first-order valence-corrected chi connectivity index (χ1v) is 7.68. The predicted molar refractivity (Wildman–Crippen MR) is 77.9 cm³/mol. The zero-order valence-corrected chi connectivity index (χ0v) is 12.3. The van der Waals surface area contributed by atoms with Crippen molar-refractivity contribution in [2.24, 2.45) is 5.73 Å². The fourth-order valence-corrected chi connectivity index (χ4v) is 2.97. The van der Waals surface area contributed by atoms with E-state index in [1.54, 1.807) is 12.1 Å². The fraction of sp³-hybridized carbons (Fsp3) is 0.667. The van der Waals surface area contributed by atoms with Gasteiger partial charge in [-0.05, 0) is 25.0 Å². The molecule has 1 atom stereocenters. The summed E-state index contributed by atoms with van der Waals surface area (Å²) in [7, 11) is 0. The van der Waals surface area contributed by atoms with Crippen LogP contribution in [0.25, 0.3) is 0 Å². The largest absolute Gasteiger partial charge is 0.455 e. The van der Waals surface area contributed by atoms with Crippen molar-refractivity contribution in [1.82, 2.24) is 9.80 Å². The molecule has 0 aromatic carbocycles. The third kappa shape index (κ3) is 3.45. The second-order valence-corrected chi connectivity index (χ2v) is 5.70. The topological polar surface area (TPSA) is 71.9 Å². The van der Waals surface area contributed by atoms with Gasteiger partial charge in [0.15, 0.2) is 5.76 Å². The first kappa shape index (κ1) is 14.6. The molecule has 2 N–H and O–H groups in total. The highest BCUT2D eigenvalue weighted by molar-refractivity contribution is 5.91. The van der Waals surface area contributed by atoms with E-state index in [1.165, 1.54) is 6.42 Å². The quantitative estimate of drug-likeness (QED) is 0.883. The van der Waals surface area contributed by atoms with Crippen molar-refractivity contribution < 1.29 is 13.9 Å². The molecule has 21 heavy (non-hydrogen) atoms. The van der Waals surface area contributed by atoms with Gasteiger partial charge < -0.3 is 19.8 Å². The summed E-state index contributed by atoms with van der Waals surface area (Å²) < 4.78 is 11.1. The number of hydrogen-bond acceptors (Lipinski definition) is 5. The molecule has 2 aliphatic heterocycles. The predicted octanol–water partition coefficient (Wildman–Crippen LogP) is 0.675. The molecule has 1 unspecified atom stereocenters. The number of furan rings is 1. The van der Waals surface area contributed by atoms with Crippen molar-refractivity contribution in [3.8, 4) is 0 Å². The molecule has 3 rings (SSSR count). The Balaban J connectivity index is 1.49. The number of carbonyl (C=O) groups is 1. The molecule has 1 amide bonds. The van der Waals surface area contributed by atoms with Crippen LogP contribution in [-0.2, 0) is 11.3 Å². The maximum absolute atomic E-state index is 12.3. The van der Waals surface area contributed by atoms with E-state index >= 15 is 0 Å². The molecule has 6 nitrogen and oxygen atoms in total. The second kappa shape index (κ2) is 6.60. The lowest BCUT2D eigenvalue weighted by Crippen LogP contribution is -2.50. The Morgan fingerprint density at radius 1 is 1.29 bits per heavy atom. The molecule has 3 heterocycles. The molecule has 0 bridgehead atoms. The van der Waals surface area contributed by atoms with Crippen molar-refractivity contribution >= 4 is 5.91 Å². The Bertz CT molecular complexity index is 474. The van der Waals surface area contributed by atoms with Crippen LogP contribution in [0.3, 0.4) is 0 Å². The van der Waals surface area contributed by atoms with Crippen LogP contribution in [0.1, 0.15) is 29.2 Å². The van der Waals surface area contributed by atoms with E-state index in [0.29, 0.717) is 24.2 Å². The van der Waals surface area contributed by atoms with Crippen LogP contribution in [0.2, 0.25) is 0 Å². The highest BCUT2D eigenvalue weighted by Gasteiger charge is 2.26. The van der Waals surface area contributed by atoms with Gasteiger partial charge in [-0.3, -0.25) is 9.69 Å². The van der Waals surface area contributed by atoms with E-state index in [0.717, 1.165) is 45.8 Å². The van der Waals surface area contributed by atoms with Gasteiger partial charge in [0.1, 0.15) is 5.76 Å².